The third-order valence-corrected chi connectivity index (χ3v) is 5.08. The minimum Gasteiger partial charge on any atom is -0.457 e. The number of halogens is 1. The minimum absolute atomic E-state index is 0.165. The first kappa shape index (κ1) is 18.1. The van der Waals surface area contributed by atoms with Gasteiger partial charge in [0, 0.05) is 17.2 Å². The zero-order valence-electron chi connectivity index (χ0n) is 15.8. The van der Waals surface area contributed by atoms with E-state index in [9.17, 15) is 9.18 Å². The Kier molecular flexibility index (Phi) is 4.52. The second-order valence-corrected chi connectivity index (χ2v) is 6.99. The van der Waals surface area contributed by atoms with E-state index >= 15 is 0 Å². The first-order valence-electron chi connectivity index (χ1n) is 9.54. The molecule has 0 spiro atoms. The summed E-state index contributed by atoms with van der Waals surface area (Å²) in [4.78, 5) is 13.1. The fourth-order valence-corrected chi connectivity index (χ4v) is 3.66. The summed E-state index contributed by atoms with van der Waals surface area (Å²) >= 11 is 0. The average Bonchev–Trinajstić information content (AvgIpc) is 3.25. The molecule has 0 radical (unpaired) electrons. The van der Waals surface area contributed by atoms with Crippen LogP contribution in [0.4, 0.5) is 4.39 Å². The normalized spacial score (nSPS) is 12.6. The Morgan fingerprint density at radius 1 is 0.933 bits per heavy atom. The van der Waals surface area contributed by atoms with Crippen LogP contribution < -0.4 is 10.1 Å². The number of fused-ring (bicyclic) bond motifs is 2. The molecule has 1 aromatic heterocycles. The SMILES string of the molecule is O=C(NCc1cc(-c2ccccc2F)on1)C1c2ccccc2Oc2ccccc21. The zero-order valence-corrected chi connectivity index (χ0v) is 15.8. The predicted molar refractivity (Wildman–Crippen MR) is 109 cm³/mol. The standard InChI is InChI=1S/C24H17FN2O3/c25-19-10-4-1-7-16(19)22-13-15(27-30-22)14-26-24(28)23-17-8-2-5-11-20(17)29-21-12-6-3-9-18(21)23/h1-13,23H,14H2,(H,26,28). The molecule has 2 heterocycles. The van der Waals surface area contributed by atoms with E-state index in [2.05, 4.69) is 10.5 Å². The maximum atomic E-state index is 14.0. The Hall–Kier alpha value is -3.93. The third-order valence-electron chi connectivity index (χ3n) is 5.08. The maximum absolute atomic E-state index is 14.0. The van der Waals surface area contributed by atoms with Gasteiger partial charge >= 0.3 is 0 Å². The highest BCUT2D eigenvalue weighted by Gasteiger charge is 2.32. The lowest BCUT2D eigenvalue weighted by Gasteiger charge is -2.27. The van der Waals surface area contributed by atoms with E-state index in [0.29, 0.717) is 28.5 Å². The molecule has 0 fully saturated rings. The second kappa shape index (κ2) is 7.48. The van der Waals surface area contributed by atoms with Crippen molar-refractivity contribution in [1.82, 2.24) is 10.5 Å². The van der Waals surface area contributed by atoms with E-state index in [-0.39, 0.29) is 18.3 Å². The van der Waals surface area contributed by atoms with Crippen LogP contribution >= 0.6 is 0 Å². The van der Waals surface area contributed by atoms with E-state index < -0.39 is 5.92 Å². The number of para-hydroxylation sites is 2. The summed E-state index contributed by atoms with van der Waals surface area (Å²) in [6.07, 6.45) is 0. The summed E-state index contributed by atoms with van der Waals surface area (Å²) in [5.74, 6) is 0.593. The van der Waals surface area contributed by atoms with Gasteiger partial charge in [-0.05, 0) is 24.3 Å². The summed E-state index contributed by atoms with van der Waals surface area (Å²) < 4.78 is 25.2. The Bertz CT molecular complexity index is 1190. The van der Waals surface area contributed by atoms with Gasteiger partial charge in [0.1, 0.15) is 23.0 Å². The number of hydrogen-bond donors (Lipinski definition) is 1. The molecule has 0 aliphatic carbocycles. The van der Waals surface area contributed by atoms with Gasteiger partial charge in [0.15, 0.2) is 5.76 Å². The van der Waals surface area contributed by atoms with E-state index in [0.717, 1.165) is 11.1 Å². The molecule has 5 nitrogen and oxygen atoms in total. The molecule has 1 aliphatic heterocycles. The van der Waals surface area contributed by atoms with Crippen LogP contribution in [0.25, 0.3) is 11.3 Å². The van der Waals surface area contributed by atoms with Gasteiger partial charge in [-0.15, -0.1) is 0 Å². The summed E-state index contributed by atoms with van der Waals surface area (Å²) in [5, 5.41) is 6.88. The number of ether oxygens (including phenoxy) is 1. The Balaban J connectivity index is 1.38. The number of nitrogens with one attached hydrogen (secondary N) is 1. The lowest BCUT2D eigenvalue weighted by molar-refractivity contribution is -0.122. The van der Waals surface area contributed by atoms with Gasteiger partial charge in [0.25, 0.3) is 0 Å². The van der Waals surface area contributed by atoms with Crippen LogP contribution in [-0.2, 0) is 11.3 Å². The first-order chi connectivity index (χ1) is 14.7. The van der Waals surface area contributed by atoms with Crippen molar-refractivity contribution in [2.75, 3.05) is 0 Å². The summed E-state index contributed by atoms with van der Waals surface area (Å²) in [6.45, 7) is 0.165. The van der Waals surface area contributed by atoms with Gasteiger partial charge in [-0.1, -0.05) is 53.7 Å². The number of nitrogens with zero attached hydrogens (tertiary/aromatic N) is 1. The van der Waals surface area contributed by atoms with E-state index in [1.54, 1.807) is 24.3 Å². The fourth-order valence-electron chi connectivity index (χ4n) is 3.66. The Morgan fingerprint density at radius 2 is 1.57 bits per heavy atom. The number of benzene rings is 3. The number of carbonyl (C=O) groups is 1. The number of carbonyl (C=O) groups excluding carboxylic acids is 1. The zero-order chi connectivity index (χ0) is 20.5. The molecule has 0 unspecified atom stereocenters. The predicted octanol–water partition coefficient (Wildman–Crippen LogP) is 5.03. The van der Waals surface area contributed by atoms with Crippen LogP contribution in [0.3, 0.4) is 0 Å². The van der Waals surface area contributed by atoms with E-state index in [1.165, 1.54) is 6.07 Å². The molecule has 0 saturated heterocycles. The van der Waals surface area contributed by atoms with Crippen molar-refractivity contribution in [3.63, 3.8) is 0 Å². The molecule has 3 aromatic carbocycles. The number of hydrogen-bond acceptors (Lipinski definition) is 4. The topological polar surface area (TPSA) is 64.4 Å². The fraction of sp³-hybridized carbons (Fsp3) is 0.0833. The average molecular weight is 400 g/mol. The third kappa shape index (κ3) is 3.22. The Morgan fingerprint density at radius 3 is 2.27 bits per heavy atom. The lowest BCUT2D eigenvalue weighted by Crippen LogP contribution is -2.31. The summed E-state index contributed by atoms with van der Waals surface area (Å²) in [5.41, 5.74) is 2.45. The maximum Gasteiger partial charge on any atom is 0.232 e. The lowest BCUT2D eigenvalue weighted by atomic mass is 9.87. The van der Waals surface area contributed by atoms with Crippen LogP contribution in [-0.4, -0.2) is 11.1 Å². The van der Waals surface area contributed by atoms with Gasteiger partial charge < -0.3 is 14.6 Å². The monoisotopic (exact) mass is 400 g/mol. The Labute approximate surface area is 172 Å². The van der Waals surface area contributed by atoms with Crippen molar-refractivity contribution in [2.24, 2.45) is 0 Å². The van der Waals surface area contributed by atoms with Gasteiger partial charge in [-0.3, -0.25) is 4.79 Å². The van der Waals surface area contributed by atoms with Gasteiger partial charge in [-0.25, -0.2) is 4.39 Å². The van der Waals surface area contributed by atoms with Crippen LogP contribution in [0, 0.1) is 5.82 Å². The molecule has 1 amide bonds. The van der Waals surface area contributed by atoms with E-state index in [1.807, 2.05) is 48.5 Å². The van der Waals surface area contributed by atoms with Crippen LogP contribution in [0.1, 0.15) is 22.7 Å². The van der Waals surface area contributed by atoms with Gasteiger partial charge in [0.05, 0.1) is 18.0 Å². The smallest absolute Gasteiger partial charge is 0.232 e. The highest BCUT2D eigenvalue weighted by atomic mass is 19.1. The molecule has 0 atom stereocenters. The van der Waals surface area contributed by atoms with Crippen molar-refractivity contribution in [2.45, 2.75) is 12.5 Å². The first-order valence-corrected chi connectivity index (χ1v) is 9.54. The molecule has 4 aromatic rings. The van der Waals surface area contributed by atoms with Crippen molar-refractivity contribution in [3.8, 4) is 22.8 Å². The van der Waals surface area contributed by atoms with Crippen LogP contribution in [0.2, 0.25) is 0 Å². The van der Waals surface area contributed by atoms with Crippen molar-refractivity contribution in [1.29, 1.82) is 0 Å². The summed E-state index contributed by atoms with van der Waals surface area (Å²) in [7, 11) is 0. The molecule has 6 heteroatoms. The molecular formula is C24H17FN2O3. The molecule has 148 valence electrons. The quantitative estimate of drug-likeness (QED) is 0.522. The van der Waals surface area contributed by atoms with Gasteiger partial charge in [-0.2, -0.15) is 0 Å². The molecule has 30 heavy (non-hydrogen) atoms. The number of rotatable bonds is 4. The van der Waals surface area contributed by atoms with Crippen molar-refractivity contribution < 1.29 is 18.4 Å². The highest BCUT2D eigenvalue weighted by molar-refractivity contribution is 5.89. The largest absolute Gasteiger partial charge is 0.457 e. The van der Waals surface area contributed by atoms with Crippen molar-refractivity contribution in [3.05, 3.63) is 102 Å². The van der Waals surface area contributed by atoms with Crippen molar-refractivity contribution >= 4 is 5.91 Å². The molecule has 1 aliphatic rings. The van der Waals surface area contributed by atoms with E-state index in [4.69, 9.17) is 9.26 Å². The van der Waals surface area contributed by atoms with Crippen LogP contribution in [0.5, 0.6) is 11.5 Å². The minimum atomic E-state index is -0.496. The molecule has 5 rings (SSSR count). The number of amides is 1. The molecule has 0 saturated carbocycles. The molecular weight excluding hydrogens is 383 g/mol. The highest BCUT2D eigenvalue weighted by Crippen LogP contribution is 2.43. The summed E-state index contributed by atoms with van der Waals surface area (Å²) in [6, 6.07) is 22.9. The van der Waals surface area contributed by atoms with Crippen LogP contribution in [0.15, 0.2) is 83.4 Å². The molecule has 1 N–H and O–H groups in total. The van der Waals surface area contributed by atoms with Gasteiger partial charge in [0.2, 0.25) is 5.91 Å². The molecule has 0 bridgehead atoms. The number of aromatic nitrogens is 1. The second-order valence-electron chi connectivity index (χ2n) is 6.99.